The van der Waals surface area contributed by atoms with Crippen LogP contribution in [0.3, 0.4) is 0 Å². The van der Waals surface area contributed by atoms with Gasteiger partial charge in [0.25, 0.3) is 0 Å². The molecule has 1 aliphatic heterocycles. The van der Waals surface area contributed by atoms with Crippen molar-refractivity contribution in [2.24, 2.45) is 5.92 Å². The smallest absolute Gasteiger partial charge is 0.429 e. The fourth-order valence-corrected chi connectivity index (χ4v) is 5.85. The molecule has 0 N–H and O–H groups in total. The summed E-state index contributed by atoms with van der Waals surface area (Å²) in [4.78, 5) is 0. The molecule has 0 saturated carbocycles. The van der Waals surface area contributed by atoms with Gasteiger partial charge in [0.1, 0.15) is 28.8 Å². The minimum absolute atomic E-state index is 0.103. The average molecular weight is 693 g/mol. The Morgan fingerprint density at radius 1 is 0.633 bits per heavy atom. The van der Waals surface area contributed by atoms with Crippen LogP contribution in [0.1, 0.15) is 75.7 Å². The topological polar surface area (TPSA) is 27.7 Å². The van der Waals surface area contributed by atoms with Crippen molar-refractivity contribution >= 4 is 0 Å². The van der Waals surface area contributed by atoms with E-state index in [0.717, 1.165) is 24.5 Å². The lowest BCUT2D eigenvalue weighted by Crippen LogP contribution is -2.27. The molecule has 1 saturated heterocycles. The molecule has 5 rings (SSSR count). The third-order valence-electron chi connectivity index (χ3n) is 8.52. The van der Waals surface area contributed by atoms with Crippen LogP contribution >= 0.6 is 0 Å². The number of rotatable bonds is 14. The normalized spacial score (nSPS) is 16.6. The SMILES string of the molecule is CCCCCCCCCC1COC(c2ccc(-c3ccc(-c4cc(F)c(C(F)(F)Oc5cc(F)c(F)c(F)c5)c(F)c4)c(F)c3)cc2)OC1. The van der Waals surface area contributed by atoms with Crippen molar-refractivity contribution < 1.29 is 49.3 Å². The molecule has 0 aliphatic carbocycles. The van der Waals surface area contributed by atoms with Gasteiger partial charge in [-0.3, -0.25) is 0 Å². The summed E-state index contributed by atoms with van der Waals surface area (Å²) in [6, 6.07) is 12.2. The molecule has 0 atom stereocenters. The van der Waals surface area contributed by atoms with E-state index in [1.165, 1.54) is 50.7 Å². The molecule has 1 fully saturated rings. The Balaban J connectivity index is 1.20. The lowest BCUT2D eigenvalue weighted by molar-refractivity contribution is -0.206. The van der Waals surface area contributed by atoms with Gasteiger partial charge < -0.3 is 14.2 Å². The maximum Gasteiger partial charge on any atom is 0.432 e. The Kier molecular flexibility index (Phi) is 12.0. The number of halogens is 8. The average Bonchev–Trinajstić information content (AvgIpc) is 3.06. The van der Waals surface area contributed by atoms with Crippen LogP contribution in [0.5, 0.6) is 5.75 Å². The van der Waals surface area contributed by atoms with E-state index in [2.05, 4.69) is 11.7 Å². The van der Waals surface area contributed by atoms with E-state index in [1.54, 1.807) is 12.1 Å². The molecule has 1 heterocycles. The van der Waals surface area contributed by atoms with Crippen molar-refractivity contribution in [2.45, 2.75) is 70.7 Å². The van der Waals surface area contributed by atoms with Crippen molar-refractivity contribution in [1.29, 1.82) is 0 Å². The number of unbranched alkanes of at least 4 members (excludes halogenated alkanes) is 6. The molecule has 11 heteroatoms. The first kappa shape index (κ1) is 36.3. The summed E-state index contributed by atoms with van der Waals surface area (Å²) < 4.78 is 131. The van der Waals surface area contributed by atoms with Crippen LogP contribution < -0.4 is 4.74 Å². The van der Waals surface area contributed by atoms with E-state index < -0.39 is 58.6 Å². The molecule has 3 nitrogen and oxygen atoms in total. The van der Waals surface area contributed by atoms with E-state index in [0.29, 0.717) is 42.4 Å². The summed E-state index contributed by atoms with van der Waals surface area (Å²) in [7, 11) is 0. The molecule has 0 spiro atoms. The van der Waals surface area contributed by atoms with Crippen molar-refractivity contribution in [1.82, 2.24) is 0 Å². The van der Waals surface area contributed by atoms with Crippen molar-refractivity contribution in [2.75, 3.05) is 13.2 Å². The number of alkyl halides is 2. The maximum atomic E-state index is 15.2. The van der Waals surface area contributed by atoms with Gasteiger partial charge in [-0.1, -0.05) is 88.3 Å². The highest BCUT2D eigenvalue weighted by molar-refractivity contribution is 5.71. The Labute approximate surface area is 279 Å². The van der Waals surface area contributed by atoms with E-state index in [1.807, 2.05) is 12.1 Å². The summed E-state index contributed by atoms with van der Waals surface area (Å²) in [5.74, 6) is -11.0. The first-order chi connectivity index (χ1) is 23.5. The molecular formula is C38H36F8O3. The highest BCUT2D eigenvalue weighted by Gasteiger charge is 2.41. The summed E-state index contributed by atoms with van der Waals surface area (Å²) >= 11 is 0. The highest BCUT2D eigenvalue weighted by Crippen LogP contribution is 2.39. The summed E-state index contributed by atoms with van der Waals surface area (Å²) in [6.45, 7) is 3.42. The van der Waals surface area contributed by atoms with Gasteiger partial charge in [0, 0.05) is 29.2 Å². The quantitative estimate of drug-likeness (QED) is 0.0748. The van der Waals surface area contributed by atoms with Crippen LogP contribution in [0.4, 0.5) is 35.1 Å². The van der Waals surface area contributed by atoms with Gasteiger partial charge in [-0.05, 0) is 41.3 Å². The Morgan fingerprint density at radius 3 is 1.78 bits per heavy atom. The minimum Gasteiger partial charge on any atom is -0.429 e. The second-order valence-electron chi connectivity index (χ2n) is 12.2. The van der Waals surface area contributed by atoms with Crippen LogP contribution in [0.2, 0.25) is 0 Å². The van der Waals surface area contributed by atoms with Crippen LogP contribution in [0, 0.1) is 40.8 Å². The molecule has 0 bridgehead atoms. The van der Waals surface area contributed by atoms with Crippen LogP contribution in [0.15, 0.2) is 66.7 Å². The molecule has 49 heavy (non-hydrogen) atoms. The van der Waals surface area contributed by atoms with Gasteiger partial charge in [-0.25, -0.2) is 26.3 Å². The summed E-state index contributed by atoms with van der Waals surface area (Å²) in [5, 5.41) is 0. The fourth-order valence-electron chi connectivity index (χ4n) is 5.85. The Morgan fingerprint density at radius 2 is 1.18 bits per heavy atom. The maximum absolute atomic E-state index is 15.2. The lowest BCUT2D eigenvalue weighted by Gasteiger charge is -2.29. The second-order valence-corrected chi connectivity index (χ2v) is 12.2. The first-order valence-electron chi connectivity index (χ1n) is 16.3. The minimum atomic E-state index is -4.76. The molecule has 0 unspecified atom stereocenters. The third-order valence-corrected chi connectivity index (χ3v) is 8.52. The van der Waals surface area contributed by atoms with E-state index in [-0.39, 0.29) is 23.3 Å². The van der Waals surface area contributed by atoms with Crippen LogP contribution in [-0.2, 0) is 15.6 Å². The Hall–Kier alpha value is -3.96. The zero-order valence-corrected chi connectivity index (χ0v) is 26.8. The predicted molar refractivity (Wildman–Crippen MR) is 169 cm³/mol. The molecular weight excluding hydrogens is 656 g/mol. The van der Waals surface area contributed by atoms with E-state index in [9.17, 15) is 30.7 Å². The van der Waals surface area contributed by atoms with Crippen LogP contribution in [0.25, 0.3) is 22.3 Å². The van der Waals surface area contributed by atoms with Gasteiger partial charge >= 0.3 is 6.11 Å². The molecule has 262 valence electrons. The van der Waals surface area contributed by atoms with Crippen molar-refractivity contribution in [3.8, 4) is 28.0 Å². The number of hydrogen-bond acceptors (Lipinski definition) is 3. The standard InChI is InChI=1S/C38H36F8O3/c1-2-3-4-5-6-7-8-9-23-21-47-37(48-22-23)25-12-10-24(11-13-25)26-14-15-29(30(39)16-26)27-17-31(40)35(32(41)18-27)38(45,46)49-28-19-33(42)36(44)34(43)20-28/h10-20,23,37H,2-9,21-22H2,1H3. The van der Waals surface area contributed by atoms with Crippen molar-refractivity contribution in [3.63, 3.8) is 0 Å². The molecule has 1 aliphatic rings. The highest BCUT2D eigenvalue weighted by atomic mass is 19.3. The van der Waals surface area contributed by atoms with Gasteiger partial charge in [0.05, 0.1) is 13.2 Å². The fraction of sp³-hybridized carbons (Fsp3) is 0.368. The molecule has 0 aromatic heterocycles. The zero-order chi connectivity index (χ0) is 35.1. The summed E-state index contributed by atoms with van der Waals surface area (Å²) in [5.41, 5.74) is -0.648. The molecule has 4 aromatic rings. The van der Waals surface area contributed by atoms with Crippen LogP contribution in [-0.4, -0.2) is 13.2 Å². The molecule has 0 radical (unpaired) electrons. The number of benzene rings is 4. The lowest BCUT2D eigenvalue weighted by atomic mass is 9.97. The van der Waals surface area contributed by atoms with Crippen molar-refractivity contribution in [3.05, 3.63) is 113 Å². The van der Waals surface area contributed by atoms with Gasteiger partial charge in [-0.2, -0.15) is 8.78 Å². The van der Waals surface area contributed by atoms with Gasteiger partial charge in [0.2, 0.25) is 0 Å². The number of hydrogen-bond donors (Lipinski definition) is 0. The summed E-state index contributed by atoms with van der Waals surface area (Å²) in [6.07, 6.45) is 4.54. The zero-order valence-electron chi connectivity index (χ0n) is 26.8. The monoisotopic (exact) mass is 692 g/mol. The molecule has 0 amide bonds. The van der Waals surface area contributed by atoms with E-state index in [4.69, 9.17) is 9.47 Å². The van der Waals surface area contributed by atoms with E-state index >= 15 is 4.39 Å². The first-order valence-corrected chi connectivity index (χ1v) is 16.3. The predicted octanol–water partition coefficient (Wildman–Crippen LogP) is 11.8. The van der Waals surface area contributed by atoms with Gasteiger partial charge in [0.15, 0.2) is 23.7 Å². The third kappa shape index (κ3) is 8.99. The number of ether oxygens (including phenoxy) is 3. The second kappa shape index (κ2) is 16.2. The van der Waals surface area contributed by atoms with Gasteiger partial charge in [-0.15, -0.1) is 0 Å². The Bertz CT molecular complexity index is 1670. The molecule has 4 aromatic carbocycles. The largest absolute Gasteiger partial charge is 0.432 e.